The molecular weight excluding hydrogens is 264 g/mol. The number of ether oxygens (including phenoxy) is 2. The SMILES string of the molecule is CCc1ccc(C(NN)c2ccc(OC)c(OC)c2)cc1. The van der Waals surface area contributed by atoms with Crippen molar-refractivity contribution in [2.75, 3.05) is 14.2 Å². The van der Waals surface area contributed by atoms with E-state index in [1.54, 1.807) is 14.2 Å². The molecule has 2 aromatic rings. The smallest absolute Gasteiger partial charge is 0.161 e. The minimum absolute atomic E-state index is 0.0873. The standard InChI is InChI=1S/C17H22N2O2/c1-4-12-5-7-13(8-6-12)17(19-18)14-9-10-15(20-2)16(11-14)21-3/h5-11,17,19H,4,18H2,1-3H3. The van der Waals surface area contributed by atoms with Gasteiger partial charge in [0, 0.05) is 0 Å². The molecule has 0 saturated carbocycles. The molecule has 3 N–H and O–H groups in total. The molecule has 0 bridgehead atoms. The van der Waals surface area contributed by atoms with Gasteiger partial charge in [-0.05, 0) is 35.2 Å². The second-order valence-corrected chi connectivity index (χ2v) is 4.81. The number of nitrogens with one attached hydrogen (secondary N) is 1. The molecular formula is C17H22N2O2. The van der Waals surface area contributed by atoms with Gasteiger partial charge in [-0.1, -0.05) is 37.3 Å². The number of hydrazine groups is 1. The Morgan fingerprint density at radius 3 is 2.10 bits per heavy atom. The minimum atomic E-state index is -0.0873. The Labute approximate surface area is 125 Å². The molecule has 0 saturated heterocycles. The van der Waals surface area contributed by atoms with Gasteiger partial charge >= 0.3 is 0 Å². The summed E-state index contributed by atoms with van der Waals surface area (Å²) in [4.78, 5) is 0. The van der Waals surface area contributed by atoms with Crippen molar-refractivity contribution < 1.29 is 9.47 Å². The molecule has 2 aromatic carbocycles. The van der Waals surface area contributed by atoms with Crippen LogP contribution in [-0.2, 0) is 6.42 Å². The maximum Gasteiger partial charge on any atom is 0.161 e. The molecule has 1 unspecified atom stereocenters. The van der Waals surface area contributed by atoms with E-state index in [0.717, 1.165) is 17.5 Å². The molecule has 0 fully saturated rings. The second-order valence-electron chi connectivity index (χ2n) is 4.81. The molecule has 4 nitrogen and oxygen atoms in total. The fourth-order valence-electron chi connectivity index (χ4n) is 2.36. The van der Waals surface area contributed by atoms with Crippen molar-refractivity contribution in [2.45, 2.75) is 19.4 Å². The number of hydrogen-bond donors (Lipinski definition) is 2. The Hall–Kier alpha value is -2.04. The van der Waals surface area contributed by atoms with Gasteiger partial charge in [-0.15, -0.1) is 0 Å². The molecule has 0 aromatic heterocycles. The molecule has 4 heteroatoms. The van der Waals surface area contributed by atoms with E-state index in [2.05, 4.69) is 36.6 Å². The monoisotopic (exact) mass is 286 g/mol. The lowest BCUT2D eigenvalue weighted by Gasteiger charge is -2.19. The first kappa shape index (κ1) is 15.4. The number of rotatable bonds is 6. The molecule has 0 aliphatic rings. The molecule has 0 aliphatic carbocycles. The first-order valence-corrected chi connectivity index (χ1v) is 7.00. The zero-order valence-electron chi connectivity index (χ0n) is 12.7. The van der Waals surface area contributed by atoms with Gasteiger partial charge in [-0.3, -0.25) is 5.84 Å². The summed E-state index contributed by atoms with van der Waals surface area (Å²) in [7, 11) is 3.25. The van der Waals surface area contributed by atoms with Crippen LogP contribution in [0, 0.1) is 0 Å². The van der Waals surface area contributed by atoms with Gasteiger partial charge in [0.2, 0.25) is 0 Å². The van der Waals surface area contributed by atoms with Crippen LogP contribution in [0.2, 0.25) is 0 Å². The quantitative estimate of drug-likeness (QED) is 0.633. The van der Waals surface area contributed by atoms with Crippen LogP contribution in [0.1, 0.15) is 29.7 Å². The van der Waals surface area contributed by atoms with Crippen LogP contribution >= 0.6 is 0 Å². The van der Waals surface area contributed by atoms with Crippen LogP contribution in [-0.4, -0.2) is 14.2 Å². The van der Waals surface area contributed by atoms with E-state index in [9.17, 15) is 0 Å². The number of hydrogen-bond acceptors (Lipinski definition) is 4. The summed E-state index contributed by atoms with van der Waals surface area (Å²) in [6.07, 6.45) is 1.03. The molecule has 0 aliphatic heterocycles. The average molecular weight is 286 g/mol. The van der Waals surface area contributed by atoms with Crippen LogP contribution in [0.4, 0.5) is 0 Å². The highest BCUT2D eigenvalue weighted by Crippen LogP contribution is 2.32. The Balaban J connectivity index is 2.35. The molecule has 0 amide bonds. The normalized spacial score (nSPS) is 12.0. The summed E-state index contributed by atoms with van der Waals surface area (Å²) >= 11 is 0. The summed E-state index contributed by atoms with van der Waals surface area (Å²) in [5, 5.41) is 0. The van der Waals surface area contributed by atoms with Gasteiger partial charge in [0.25, 0.3) is 0 Å². The van der Waals surface area contributed by atoms with Crippen molar-refractivity contribution in [1.29, 1.82) is 0 Å². The molecule has 0 heterocycles. The highest BCUT2D eigenvalue weighted by atomic mass is 16.5. The van der Waals surface area contributed by atoms with E-state index in [1.807, 2.05) is 18.2 Å². The maximum absolute atomic E-state index is 5.75. The van der Waals surface area contributed by atoms with E-state index in [0.29, 0.717) is 11.5 Å². The summed E-state index contributed by atoms with van der Waals surface area (Å²) in [6, 6.07) is 14.2. The molecule has 2 rings (SSSR count). The lowest BCUT2D eigenvalue weighted by Crippen LogP contribution is -2.28. The summed E-state index contributed by atoms with van der Waals surface area (Å²) in [5.74, 6) is 7.15. The number of methoxy groups -OCH3 is 2. The number of benzene rings is 2. The Bertz CT molecular complexity index is 582. The zero-order valence-corrected chi connectivity index (χ0v) is 12.7. The predicted molar refractivity (Wildman–Crippen MR) is 84.5 cm³/mol. The number of nitrogens with two attached hydrogens (primary N) is 1. The fourth-order valence-corrected chi connectivity index (χ4v) is 2.36. The average Bonchev–Trinajstić information content (AvgIpc) is 2.56. The topological polar surface area (TPSA) is 56.5 Å². The molecule has 0 spiro atoms. The van der Waals surface area contributed by atoms with Gasteiger partial charge < -0.3 is 9.47 Å². The third-order valence-electron chi connectivity index (χ3n) is 3.63. The van der Waals surface area contributed by atoms with E-state index >= 15 is 0 Å². The molecule has 21 heavy (non-hydrogen) atoms. The third-order valence-corrected chi connectivity index (χ3v) is 3.63. The summed E-state index contributed by atoms with van der Waals surface area (Å²) in [6.45, 7) is 2.14. The van der Waals surface area contributed by atoms with Crippen LogP contribution in [0.5, 0.6) is 11.5 Å². The van der Waals surface area contributed by atoms with Crippen molar-refractivity contribution in [3.05, 3.63) is 59.2 Å². The van der Waals surface area contributed by atoms with Gasteiger partial charge in [0.05, 0.1) is 20.3 Å². The molecule has 112 valence electrons. The van der Waals surface area contributed by atoms with Crippen molar-refractivity contribution >= 4 is 0 Å². The van der Waals surface area contributed by atoms with Gasteiger partial charge in [0.15, 0.2) is 11.5 Å². The third kappa shape index (κ3) is 3.35. The fraction of sp³-hybridized carbons (Fsp3) is 0.294. The summed E-state index contributed by atoms with van der Waals surface area (Å²) in [5.41, 5.74) is 6.31. The Morgan fingerprint density at radius 1 is 0.952 bits per heavy atom. The maximum atomic E-state index is 5.75. The van der Waals surface area contributed by atoms with Crippen LogP contribution in [0.25, 0.3) is 0 Å². The Kier molecular flexibility index (Phi) is 5.20. The first-order valence-electron chi connectivity index (χ1n) is 7.00. The van der Waals surface area contributed by atoms with E-state index in [1.165, 1.54) is 5.56 Å². The van der Waals surface area contributed by atoms with Crippen molar-refractivity contribution in [1.82, 2.24) is 5.43 Å². The summed E-state index contributed by atoms with van der Waals surface area (Å²) < 4.78 is 10.6. The zero-order chi connectivity index (χ0) is 15.2. The Morgan fingerprint density at radius 2 is 1.57 bits per heavy atom. The number of aryl methyl sites for hydroxylation is 1. The largest absolute Gasteiger partial charge is 0.493 e. The predicted octanol–water partition coefficient (Wildman–Crippen LogP) is 2.82. The second kappa shape index (κ2) is 7.11. The van der Waals surface area contributed by atoms with Crippen molar-refractivity contribution in [3.8, 4) is 11.5 Å². The van der Waals surface area contributed by atoms with Crippen molar-refractivity contribution in [2.24, 2.45) is 5.84 Å². The minimum Gasteiger partial charge on any atom is -0.493 e. The first-order chi connectivity index (χ1) is 10.2. The van der Waals surface area contributed by atoms with E-state index < -0.39 is 0 Å². The van der Waals surface area contributed by atoms with Gasteiger partial charge in [-0.2, -0.15) is 0 Å². The highest BCUT2D eigenvalue weighted by Gasteiger charge is 2.15. The van der Waals surface area contributed by atoms with Gasteiger partial charge in [0.1, 0.15) is 0 Å². The van der Waals surface area contributed by atoms with Crippen molar-refractivity contribution in [3.63, 3.8) is 0 Å². The molecule has 0 radical (unpaired) electrons. The lowest BCUT2D eigenvalue weighted by molar-refractivity contribution is 0.354. The van der Waals surface area contributed by atoms with Crippen LogP contribution in [0.15, 0.2) is 42.5 Å². The van der Waals surface area contributed by atoms with E-state index in [4.69, 9.17) is 15.3 Å². The lowest BCUT2D eigenvalue weighted by atomic mass is 9.97. The van der Waals surface area contributed by atoms with E-state index in [-0.39, 0.29) is 6.04 Å². The highest BCUT2D eigenvalue weighted by molar-refractivity contribution is 5.46. The van der Waals surface area contributed by atoms with Gasteiger partial charge in [-0.25, -0.2) is 5.43 Å². The van der Waals surface area contributed by atoms with Crippen LogP contribution < -0.4 is 20.7 Å². The molecule has 1 atom stereocenters. The van der Waals surface area contributed by atoms with Crippen LogP contribution in [0.3, 0.4) is 0 Å².